The number of likely N-dealkylation sites (tertiary alicyclic amines) is 1. The standard InChI is InChI=1S/C16H23N3O/c1-11-3-2-4-14(17)15(11)16(20)18-9-12-7-8-19(10-12)13-5-6-13/h2-4,12-13H,5-10,17H2,1H3,(H,18,20). The number of nitrogens with two attached hydrogens (primary N) is 1. The monoisotopic (exact) mass is 273 g/mol. The summed E-state index contributed by atoms with van der Waals surface area (Å²) < 4.78 is 0. The highest BCUT2D eigenvalue weighted by atomic mass is 16.1. The van der Waals surface area contributed by atoms with E-state index in [2.05, 4.69) is 10.2 Å². The molecule has 3 N–H and O–H groups in total. The van der Waals surface area contributed by atoms with Gasteiger partial charge in [0.2, 0.25) is 0 Å². The zero-order chi connectivity index (χ0) is 14.1. The van der Waals surface area contributed by atoms with E-state index in [0.717, 1.165) is 24.7 Å². The Bertz CT molecular complexity index is 490. The highest BCUT2D eigenvalue weighted by molar-refractivity contribution is 6.00. The Labute approximate surface area is 120 Å². The molecule has 0 aromatic heterocycles. The maximum atomic E-state index is 12.3. The number of anilines is 1. The minimum atomic E-state index is -0.0366. The molecule has 4 heteroatoms. The van der Waals surface area contributed by atoms with Crippen molar-refractivity contribution >= 4 is 11.6 Å². The fraction of sp³-hybridized carbons (Fsp3) is 0.562. The number of nitrogens with one attached hydrogen (secondary N) is 1. The van der Waals surface area contributed by atoms with E-state index in [1.165, 1.54) is 25.8 Å². The van der Waals surface area contributed by atoms with Gasteiger partial charge in [-0.25, -0.2) is 0 Å². The van der Waals surface area contributed by atoms with Crippen molar-refractivity contribution in [1.29, 1.82) is 0 Å². The molecule has 1 saturated carbocycles. The zero-order valence-corrected chi connectivity index (χ0v) is 12.1. The molecule has 1 atom stereocenters. The van der Waals surface area contributed by atoms with E-state index in [1.54, 1.807) is 6.07 Å². The molecular weight excluding hydrogens is 250 g/mol. The first-order chi connectivity index (χ1) is 9.65. The molecule has 2 aliphatic rings. The second-order valence-electron chi connectivity index (χ2n) is 6.13. The lowest BCUT2D eigenvalue weighted by atomic mass is 10.1. The summed E-state index contributed by atoms with van der Waals surface area (Å²) in [4.78, 5) is 14.8. The van der Waals surface area contributed by atoms with Gasteiger partial charge in [0, 0.05) is 24.8 Å². The SMILES string of the molecule is Cc1cccc(N)c1C(=O)NCC1CCN(C2CC2)C1. The maximum absolute atomic E-state index is 12.3. The van der Waals surface area contributed by atoms with E-state index < -0.39 is 0 Å². The van der Waals surface area contributed by atoms with E-state index in [9.17, 15) is 4.79 Å². The number of rotatable bonds is 4. The summed E-state index contributed by atoms with van der Waals surface area (Å²) in [6.45, 7) is 5.01. The molecule has 20 heavy (non-hydrogen) atoms. The van der Waals surface area contributed by atoms with Gasteiger partial charge in [-0.2, -0.15) is 0 Å². The van der Waals surface area contributed by atoms with E-state index in [1.807, 2.05) is 19.1 Å². The van der Waals surface area contributed by atoms with Crippen molar-refractivity contribution < 1.29 is 4.79 Å². The summed E-state index contributed by atoms with van der Waals surface area (Å²) in [6, 6.07) is 6.43. The quantitative estimate of drug-likeness (QED) is 0.822. The first kappa shape index (κ1) is 13.4. The van der Waals surface area contributed by atoms with Gasteiger partial charge in [-0.3, -0.25) is 4.79 Å². The lowest BCUT2D eigenvalue weighted by Crippen LogP contribution is -2.32. The third-order valence-electron chi connectivity index (χ3n) is 4.46. The minimum Gasteiger partial charge on any atom is -0.398 e. The minimum absolute atomic E-state index is 0.0366. The van der Waals surface area contributed by atoms with Gasteiger partial charge in [-0.15, -0.1) is 0 Å². The van der Waals surface area contributed by atoms with E-state index in [0.29, 0.717) is 17.2 Å². The fourth-order valence-electron chi connectivity index (χ4n) is 3.13. The molecule has 2 fully saturated rings. The smallest absolute Gasteiger partial charge is 0.253 e. The molecule has 0 radical (unpaired) electrons. The van der Waals surface area contributed by atoms with Crippen LogP contribution in [0.15, 0.2) is 18.2 Å². The van der Waals surface area contributed by atoms with Crippen LogP contribution in [0.4, 0.5) is 5.69 Å². The van der Waals surface area contributed by atoms with Crippen molar-refractivity contribution in [2.75, 3.05) is 25.4 Å². The molecule has 0 bridgehead atoms. The Morgan fingerprint density at radius 2 is 2.20 bits per heavy atom. The van der Waals surface area contributed by atoms with Crippen LogP contribution < -0.4 is 11.1 Å². The van der Waals surface area contributed by atoms with Crippen LogP contribution in [0.25, 0.3) is 0 Å². The van der Waals surface area contributed by atoms with Crippen molar-refractivity contribution in [2.45, 2.75) is 32.2 Å². The highest BCUT2D eigenvalue weighted by Gasteiger charge is 2.34. The first-order valence-electron chi connectivity index (χ1n) is 7.52. The van der Waals surface area contributed by atoms with Crippen molar-refractivity contribution in [2.24, 2.45) is 5.92 Å². The lowest BCUT2D eigenvalue weighted by Gasteiger charge is -2.16. The van der Waals surface area contributed by atoms with Gasteiger partial charge in [-0.05, 0) is 50.3 Å². The Balaban J connectivity index is 1.54. The molecule has 1 aliphatic heterocycles. The second-order valence-corrected chi connectivity index (χ2v) is 6.13. The summed E-state index contributed by atoms with van der Waals surface area (Å²) in [5.41, 5.74) is 8.04. The van der Waals surface area contributed by atoms with Crippen LogP contribution in [0.5, 0.6) is 0 Å². The molecule has 1 unspecified atom stereocenters. The number of hydrogen-bond donors (Lipinski definition) is 2. The predicted molar refractivity (Wildman–Crippen MR) is 80.6 cm³/mol. The Morgan fingerprint density at radius 1 is 1.40 bits per heavy atom. The molecule has 1 aliphatic carbocycles. The van der Waals surface area contributed by atoms with Gasteiger partial charge in [0.1, 0.15) is 0 Å². The molecule has 3 rings (SSSR count). The number of benzene rings is 1. The average molecular weight is 273 g/mol. The average Bonchev–Trinajstić information content (AvgIpc) is 3.16. The molecule has 1 aromatic carbocycles. The molecule has 0 spiro atoms. The van der Waals surface area contributed by atoms with Crippen LogP contribution in [0.1, 0.15) is 35.2 Å². The topological polar surface area (TPSA) is 58.4 Å². The lowest BCUT2D eigenvalue weighted by molar-refractivity contribution is 0.0947. The third kappa shape index (κ3) is 2.80. The van der Waals surface area contributed by atoms with Crippen molar-refractivity contribution in [1.82, 2.24) is 10.2 Å². The predicted octanol–water partition coefficient (Wildman–Crippen LogP) is 1.79. The van der Waals surface area contributed by atoms with Crippen molar-refractivity contribution in [3.05, 3.63) is 29.3 Å². The number of aryl methyl sites for hydroxylation is 1. The van der Waals surface area contributed by atoms with Gasteiger partial charge in [0.05, 0.1) is 5.56 Å². The molecule has 4 nitrogen and oxygen atoms in total. The van der Waals surface area contributed by atoms with Crippen molar-refractivity contribution in [3.63, 3.8) is 0 Å². The molecule has 1 saturated heterocycles. The Morgan fingerprint density at radius 3 is 2.90 bits per heavy atom. The van der Waals surface area contributed by atoms with E-state index >= 15 is 0 Å². The summed E-state index contributed by atoms with van der Waals surface area (Å²) in [5, 5.41) is 3.06. The van der Waals surface area contributed by atoms with Crippen LogP contribution in [0.3, 0.4) is 0 Å². The number of nitrogens with zero attached hydrogens (tertiary/aromatic N) is 1. The Hall–Kier alpha value is -1.55. The number of hydrogen-bond acceptors (Lipinski definition) is 3. The third-order valence-corrected chi connectivity index (χ3v) is 4.46. The largest absolute Gasteiger partial charge is 0.398 e. The van der Waals surface area contributed by atoms with E-state index in [-0.39, 0.29) is 5.91 Å². The molecule has 1 heterocycles. The Kier molecular flexibility index (Phi) is 3.66. The fourth-order valence-corrected chi connectivity index (χ4v) is 3.13. The summed E-state index contributed by atoms with van der Waals surface area (Å²) in [6.07, 6.45) is 3.91. The van der Waals surface area contributed by atoms with Crippen molar-refractivity contribution in [3.8, 4) is 0 Å². The van der Waals surface area contributed by atoms with Gasteiger partial charge >= 0.3 is 0 Å². The number of carbonyl (C=O) groups excluding carboxylic acids is 1. The molecule has 1 amide bonds. The van der Waals surface area contributed by atoms with Crippen LogP contribution in [-0.2, 0) is 0 Å². The molecular formula is C16H23N3O. The normalized spacial score (nSPS) is 22.9. The van der Waals surface area contributed by atoms with Gasteiger partial charge in [0.15, 0.2) is 0 Å². The zero-order valence-electron chi connectivity index (χ0n) is 12.1. The first-order valence-corrected chi connectivity index (χ1v) is 7.52. The van der Waals surface area contributed by atoms with Gasteiger partial charge in [0.25, 0.3) is 5.91 Å². The summed E-state index contributed by atoms with van der Waals surface area (Å²) in [7, 11) is 0. The van der Waals surface area contributed by atoms with Crippen LogP contribution in [0.2, 0.25) is 0 Å². The molecule has 108 valence electrons. The van der Waals surface area contributed by atoms with E-state index in [4.69, 9.17) is 5.73 Å². The number of nitrogen functional groups attached to an aromatic ring is 1. The van der Waals surface area contributed by atoms with Crippen LogP contribution in [0, 0.1) is 12.8 Å². The highest BCUT2D eigenvalue weighted by Crippen LogP contribution is 2.31. The van der Waals surface area contributed by atoms with Gasteiger partial charge < -0.3 is 16.0 Å². The van der Waals surface area contributed by atoms with Crippen LogP contribution in [-0.4, -0.2) is 36.5 Å². The molecule has 1 aromatic rings. The number of amides is 1. The van der Waals surface area contributed by atoms with Gasteiger partial charge in [-0.1, -0.05) is 12.1 Å². The summed E-state index contributed by atoms with van der Waals surface area (Å²) >= 11 is 0. The van der Waals surface area contributed by atoms with Crippen LogP contribution >= 0.6 is 0 Å². The second kappa shape index (κ2) is 5.44. The maximum Gasteiger partial charge on any atom is 0.253 e. The summed E-state index contributed by atoms with van der Waals surface area (Å²) in [5.74, 6) is 0.551. The number of carbonyl (C=O) groups is 1.